The van der Waals surface area contributed by atoms with Crippen LogP contribution in [0.5, 0.6) is 0 Å². The second-order valence-corrected chi connectivity index (χ2v) is 7.52. The summed E-state index contributed by atoms with van der Waals surface area (Å²) in [6, 6.07) is 20.8. The van der Waals surface area contributed by atoms with Crippen molar-refractivity contribution in [3.63, 3.8) is 0 Å². The number of hydrogen-bond donors (Lipinski definition) is 1. The zero-order valence-electron chi connectivity index (χ0n) is 15.3. The maximum Gasteiger partial charge on any atom is 0.234 e. The smallest absolute Gasteiger partial charge is 0.234 e. The largest absolute Gasteiger partial charge is 0.461 e. The normalized spacial score (nSPS) is 10.8. The summed E-state index contributed by atoms with van der Waals surface area (Å²) in [7, 11) is 0. The summed E-state index contributed by atoms with van der Waals surface area (Å²) in [5.74, 6) is 1.25. The van der Waals surface area contributed by atoms with Gasteiger partial charge in [-0.2, -0.15) is 0 Å². The highest BCUT2D eigenvalue weighted by Gasteiger charge is 2.18. The lowest BCUT2D eigenvalue weighted by Crippen LogP contribution is -2.15. The molecule has 2 aromatic carbocycles. The van der Waals surface area contributed by atoms with E-state index in [1.165, 1.54) is 11.8 Å². The van der Waals surface area contributed by atoms with Gasteiger partial charge in [0.1, 0.15) is 0 Å². The standard InChI is InChI=1S/C21H17ClN4O2S/c22-16-9-4-5-10-17(16)23-19(27)14-29-21-25-24-20(18-11-6-12-28-18)26(21)13-15-7-2-1-3-8-15/h1-12H,13-14H2,(H,23,27). The average Bonchev–Trinajstić information content (AvgIpc) is 3.39. The quantitative estimate of drug-likeness (QED) is 0.424. The Morgan fingerprint density at radius 3 is 2.59 bits per heavy atom. The molecule has 0 saturated carbocycles. The third-order valence-electron chi connectivity index (χ3n) is 4.12. The molecule has 0 atom stereocenters. The van der Waals surface area contributed by atoms with Gasteiger partial charge in [0.25, 0.3) is 0 Å². The van der Waals surface area contributed by atoms with Gasteiger partial charge in [0.15, 0.2) is 10.9 Å². The number of halogens is 1. The van der Waals surface area contributed by atoms with E-state index in [0.717, 1.165) is 5.56 Å². The van der Waals surface area contributed by atoms with Gasteiger partial charge in [-0.1, -0.05) is 65.8 Å². The number of hydrogen-bond acceptors (Lipinski definition) is 5. The molecule has 0 spiro atoms. The number of thioether (sulfide) groups is 1. The van der Waals surface area contributed by atoms with E-state index < -0.39 is 0 Å². The summed E-state index contributed by atoms with van der Waals surface area (Å²) < 4.78 is 7.45. The molecule has 4 aromatic rings. The molecule has 8 heteroatoms. The molecule has 6 nitrogen and oxygen atoms in total. The van der Waals surface area contributed by atoms with E-state index in [0.29, 0.717) is 34.0 Å². The number of para-hydroxylation sites is 1. The van der Waals surface area contributed by atoms with Gasteiger partial charge in [0, 0.05) is 0 Å². The Morgan fingerprint density at radius 1 is 1.03 bits per heavy atom. The predicted octanol–water partition coefficient (Wildman–Crippen LogP) is 4.97. The number of nitrogens with one attached hydrogen (secondary N) is 1. The van der Waals surface area contributed by atoms with Crippen LogP contribution in [-0.4, -0.2) is 26.4 Å². The first-order chi connectivity index (χ1) is 14.2. The molecule has 0 aliphatic carbocycles. The number of rotatable bonds is 7. The van der Waals surface area contributed by atoms with Gasteiger partial charge >= 0.3 is 0 Å². The minimum Gasteiger partial charge on any atom is -0.461 e. The lowest BCUT2D eigenvalue weighted by atomic mass is 10.2. The molecule has 2 aromatic heterocycles. The molecule has 0 radical (unpaired) electrons. The Bertz CT molecular complexity index is 1100. The van der Waals surface area contributed by atoms with Crippen LogP contribution in [0, 0.1) is 0 Å². The Morgan fingerprint density at radius 2 is 1.83 bits per heavy atom. The molecule has 0 unspecified atom stereocenters. The van der Waals surface area contributed by atoms with Crippen LogP contribution in [0.15, 0.2) is 82.6 Å². The molecule has 4 rings (SSSR count). The van der Waals surface area contributed by atoms with E-state index in [9.17, 15) is 4.79 Å². The van der Waals surface area contributed by atoms with Crippen molar-refractivity contribution in [1.82, 2.24) is 14.8 Å². The van der Waals surface area contributed by atoms with Crippen molar-refractivity contribution < 1.29 is 9.21 Å². The van der Waals surface area contributed by atoms with Crippen molar-refractivity contribution in [2.45, 2.75) is 11.7 Å². The van der Waals surface area contributed by atoms with Gasteiger partial charge < -0.3 is 9.73 Å². The van der Waals surface area contributed by atoms with Gasteiger partial charge in [-0.25, -0.2) is 0 Å². The van der Waals surface area contributed by atoms with E-state index >= 15 is 0 Å². The highest BCUT2D eigenvalue weighted by molar-refractivity contribution is 7.99. The van der Waals surface area contributed by atoms with E-state index in [4.69, 9.17) is 16.0 Å². The van der Waals surface area contributed by atoms with E-state index in [1.807, 2.05) is 53.1 Å². The summed E-state index contributed by atoms with van der Waals surface area (Å²) >= 11 is 7.41. The maximum absolute atomic E-state index is 12.4. The summed E-state index contributed by atoms with van der Waals surface area (Å²) in [5.41, 5.74) is 1.68. The topological polar surface area (TPSA) is 73.0 Å². The molecule has 0 saturated heterocycles. The van der Waals surface area contributed by atoms with Crippen LogP contribution < -0.4 is 5.32 Å². The third kappa shape index (κ3) is 4.70. The van der Waals surface area contributed by atoms with E-state index in [1.54, 1.807) is 24.5 Å². The number of furan rings is 1. The lowest BCUT2D eigenvalue weighted by Gasteiger charge is -2.10. The first kappa shape index (κ1) is 19.3. The molecule has 29 heavy (non-hydrogen) atoms. The van der Waals surface area contributed by atoms with Crippen molar-refractivity contribution >= 4 is 35.0 Å². The Labute approximate surface area is 176 Å². The van der Waals surface area contributed by atoms with E-state index in [2.05, 4.69) is 15.5 Å². The first-order valence-electron chi connectivity index (χ1n) is 8.89. The number of carbonyl (C=O) groups is 1. The summed E-state index contributed by atoms with van der Waals surface area (Å²) in [6.45, 7) is 0.568. The Hall–Kier alpha value is -3.03. The van der Waals surface area contributed by atoms with Crippen molar-refractivity contribution in [1.29, 1.82) is 0 Å². The van der Waals surface area contributed by atoms with E-state index in [-0.39, 0.29) is 11.7 Å². The van der Waals surface area contributed by atoms with Crippen LogP contribution in [0.3, 0.4) is 0 Å². The van der Waals surface area contributed by atoms with Crippen LogP contribution in [0.2, 0.25) is 5.02 Å². The molecule has 146 valence electrons. The molecule has 0 aliphatic rings. The monoisotopic (exact) mass is 424 g/mol. The second kappa shape index (κ2) is 8.98. The zero-order valence-corrected chi connectivity index (χ0v) is 16.9. The highest BCUT2D eigenvalue weighted by Crippen LogP contribution is 2.26. The van der Waals surface area contributed by atoms with Crippen molar-refractivity contribution in [2.24, 2.45) is 0 Å². The fraction of sp³-hybridized carbons (Fsp3) is 0.0952. The summed E-state index contributed by atoms with van der Waals surface area (Å²) in [4.78, 5) is 12.4. The van der Waals surface area contributed by atoms with Crippen LogP contribution in [0.4, 0.5) is 5.69 Å². The molecule has 0 fully saturated rings. The number of carbonyl (C=O) groups excluding carboxylic acids is 1. The summed E-state index contributed by atoms with van der Waals surface area (Å²) in [6.07, 6.45) is 1.60. The van der Waals surface area contributed by atoms with Gasteiger partial charge in [0.2, 0.25) is 11.7 Å². The fourth-order valence-corrected chi connectivity index (χ4v) is 3.69. The van der Waals surface area contributed by atoms with Crippen molar-refractivity contribution in [2.75, 3.05) is 11.1 Å². The summed E-state index contributed by atoms with van der Waals surface area (Å²) in [5, 5.41) is 12.5. The second-order valence-electron chi connectivity index (χ2n) is 6.17. The average molecular weight is 425 g/mol. The number of anilines is 1. The fourth-order valence-electron chi connectivity index (χ4n) is 2.77. The first-order valence-corrected chi connectivity index (χ1v) is 10.3. The SMILES string of the molecule is O=C(CSc1nnc(-c2ccco2)n1Cc1ccccc1)Nc1ccccc1Cl. The molecular formula is C21H17ClN4O2S. The molecule has 0 bridgehead atoms. The van der Waals surface area contributed by atoms with Crippen LogP contribution in [0.1, 0.15) is 5.56 Å². The molecule has 2 heterocycles. The van der Waals surface area contributed by atoms with Gasteiger partial charge in [-0.05, 0) is 29.8 Å². The van der Waals surface area contributed by atoms with Crippen molar-refractivity contribution in [3.8, 4) is 11.6 Å². The Kier molecular flexibility index (Phi) is 5.97. The lowest BCUT2D eigenvalue weighted by molar-refractivity contribution is -0.113. The third-order valence-corrected chi connectivity index (χ3v) is 5.42. The molecule has 1 amide bonds. The minimum atomic E-state index is -0.170. The highest BCUT2D eigenvalue weighted by atomic mass is 35.5. The Balaban J connectivity index is 1.52. The van der Waals surface area contributed by atoms with Gasteiger partial charge in [0.05, 0.1) is 29.3 Å². The molecular weight excluding hydrogens is 408 g/mol. The van der Waals surface area contributed by atoms with Crippen LogP contribution >= 0.6 is 23.4 Å². The van der Waals surface area contributed by atoms with Crippen LogP contribution in [-0.2, 0) is 11.3 Å². The number of nitrogens with zero attached hydrogens (tertiary/aromatic N) is 3. The van der Waals surface area contributed by atoms with Crippen molar-refractivity contribution in [3.05, 3.63) is 83.6 Å². The maximum atomic E-state index is 12.4. The van der Waals surface area contributed by atoms with Gasteiger partial charge in [-0.3, -0.25) is 9.36 Å². The predicted molar refractivity (Wildman–Crippen MR) is 114 cm³/mol. The zero-order chi connectivity index (χ0) is 20.1. The number of benzene rings is 2. The van der Waals surface area contributed by atoms with Gasteiger partial charge in [-0.15, -0.1) is 10.2 Å². The number of aromatic nitrogens is 3. The van der Waals surface area contributed by atoms with Crippen LogP contribution in [0.25, 0.3) is 11.6 Å². The minimum absolute atomic E-state index is 0.170. The molecule has 0 aliphatic heterocycles. The molecule has 1 N–H and O–H groups in total. The number of amides is 1.